The number of hydrogen-bond acceptors (Lipinski definition) is 4. The van der Waals surface area contributed by atoms with Crippen LogP contribution in [0, 0.1) is 0 Å². The molecule has 0 fully saturated rings. The van der Waals surface area contributed by atoms with Crippen LogP contribution in [0.3, 0.4) is 0 Å². The molecule has 0 heterocycles. The fourth-order valence-electron chi connectivity index (χ4n) is 1.07. The number of nitrogens with one attached hydrogen (secondary N) is 2. The van der Waals surface area contributed by atoms with Crippen molar-refractivity contribution in [1.82, 2.24) is 10.6 Å². The number of hydrogen-bond donors (Lipinski definition) is 3. The van der Waals surface area contributed by atoms with Gasteiger partial charge in [-0.25, -0.2) is 0 Å². The fourth-order valence-corrected chi connectivity index (χ4v) is 1.07. The van der Waals surface area contributed by atoms with Gasteiger partial charge >= 0.3 is 5.97 Å². The zero-order chi connectivity index (χ0) is 12.2. The van der Waals surface area contributed by atoms with Crippen molar-refractivity contribution in [3.8, 4) is 0 Å². The Balaban J connectivity index is 3.20. The largest absolute Gasteiger partial charge is 0.481 e. The summed E-state index contributed by atoms with van der Waals surface area (Å²) in [6, 6.07) is 0. The number of carbonyl (C=O) groups excluding carboxylic acids is 1. The SMILES string of the molecule is COCCNCC(=O)NCCCCC(=O)O. The Morgan fingerprint density at radius 1 is 1.25 bits per heavy atom. The molecule has 0 rings (SSSR count). The molecule has 0 aromatic rings. The third-order valence-corrected chi connectivity index (χ3v) is 1.91. The monoisotopic (exact) mass is 232 g/mol. The molecule has 0 saturated carbocycles. The summed E-state index contributed by atoms with van der Waals surface area (Å²) in [6.07, 6.45) is 1.44. The van der Waals surface area contributed by atoms with Crippen molar-refractivity contribution >= 4 is 11.9 Å². The van der Waals surface area contributed by atoms with E-state index >= 15 is 0 Å². The quantitative estimate of drug-likeness (QED) is 0.446. The van der Waals surface area contributed by atoms with Gasteiger partial charge in [0.05, 0.1) is 13.2 Å². The van der Waals surface area contributed by atoms with Gasteiger partial charge in [0.2, 0.25) is 5.91 Å². The molecule has 6 nitrogen and oxygen atoms in total. The van der Waals surface area contributed by atoms with E-state index in [1.165, 1.54) is 0 Å². The Morgan fingerprint density at radius 2 is 2.00 bits per heavy atom. The summed E-state index contributed by atoms with van der Waals surface area (Å²) in [7, 11) is 1.60. The van der Waals surface area contributed by atoms with E-state index in [1.807, 2.05) is 0 Å². The summed E-state index contributed by atoms with van der Waals surface area (Å²) >= 11 is 0. The predicted octanol–water partition coefficient (Wildman–Crippen LogP) is -0.406. The van der Waals surface area contributed by atoms with Gasteiger partial charge in [0, 0.05) is 26.6 Å². The minimum absolute atomic E-state index is 0.0774. The van der Waals surface area contributed by atoms with Crippen LogP contribution in [-0.2, 0) is 14.3 Å². The molecule has 6 heteroatoms. The third-order valence-electron chi connectivity index (χ3n) is 1.91. The first-order valence-electron chi connectivity index (χ1n) is 5.35. The Labute approximate surface area is 95.4 Å². The van der Waals surface area contributed by atoms with Crippen LogP contribution in [0.1, 0.15) is 19.3 Å². The minimum atomic E-state index is -0.799. The van der Waals surface area contributed by atoms with Crippen molar-refractivity contribution in [2.24, 2.45) is 0 Å². The maximum Gasteiger partial charge on any atom is 0.303 e. The van der Waals surface area contributed by atoms with E-state index < -0.39 is 5.97 Å². The van der Waals surface area contributed by atoms with Gasteiger partial charge in [-0.15, -0.1) is 0 Å². The molecule has 16 heavy (non-hydrogen) atoms. The van der Waals surface area contributed by atoms with Gasteiger partial charge in [0.1, 0.15) is 0 Å². The lowest BCUT2D eigenvalue weighted by Gasteiger charge is -2.05. The average molecular weight is 232 g/mol. The topological polar surface area (TPSA) is 87.7 Å². The van der Waals surface area contributed by atoms with Crippen LogP contribution < -0.4 is 10.6 Å². The van der Waals surface area contributed by atoms with Crippen LogP contribution in [0.15, 0.2) is 0 Å². The summed E-state index contributed by atoms with van der Waals surface area (Å²) in [6.45, 7) is 2.01. The van der Waals surface area contributed by atoms with Crippen LogP contribution in [0.25, 0.3) is 0 Å². The predicted molar refractivity (Wildman–Crippen MR) is 59.2 cm³/mol. The number of rotatable bonds is 10. The van der Waals surface area contributed by atoms with Crippen molar-refractivity contribution in [3.05, 3.63) is 0 Å². The first kappa shape index (κ1) is 14.9. The summed E-state index contributed by atoms with van der Waals surface area (Å²) in [5, 5.41) is 14.0. The molecule has 0 saturated heterocycles. The number of methoxy groups -OCH3 is 1. The number of ether oxygens (including phenoxy) is 1. The lowest BCUT2D eigenvalue weighted by Crippen LogP contribution is -2.35. The van der Waals surface area contributed by atoms with E-state index in [-0.39, 0.29) is 18.9 Å². The Morgan fingerprint density at radius 3 is 2.62 bits per heavy atom. The molecule has 0 aliphatic rings. The maximum atomic E-state index is 11.2. The second-order valence-electron chi connectivity index (χ2n) is 3.37. The second-order valence-corrected chi connectivity index (χ2v) is 3.37. The number of carboxylic acids is 1. The van der Waals surface area contributed by atoms with Gasteiger partial charge in [-0.1, -0.05) is 0 Å². The lowest BCUT2D eigenvalue weighted by molar-refractivity contribution is -0.137. The van der Waals surface area contributed by atoms with E-state index in [1.54, 1.807) is 7.11 Å². The number of carboxylic acid groups (broad SMARTS) is 1. The molecule has 0 radical (unpaired) electrons. The molecule has 0 aliphatic carbocycles. The Bertz CT molecular complexity index is 209. The zero-order valence-corrected chi connectivity index (χ0v) is 9.62. The number of amides is 1. The van der Waals surface area contributed by atoms with Crippen LogP contribution >= 0.6 is 0 Å². The molecular weight excluding hydrogens is 212 g/mol. The summed E-state index contributed by atoms with van der Waals surface area (Å²) in [5.74, 6) is -0.876. The number of aliphatic carboxylic acids is 1. The molecule has 94 valence electrons. The van der Waals surface area contributed by atoms with E-state index in [2.05, 4.69) is 10.6 Å². The Kier molecular flexibility index (Phi) is 9.64. The van der Waals surface area contributed by atoms with Crippen molar-refractivity contribution in [2.45, 2.75) is 19.3 Å². The molecule has 0 unspecified atom stereocenters. The van der Waals surface area contributed by atoms with Gasteiger partial charge in [0.15, 0.2) is 0 Å². The number of carbonyl (C=O) groups is 2. The molecule has 0 aromatic heterocycles. The molecule has 3 N–H and O–H groups in total. The van der Waals surface area contributed by atoms with E-state index in [0.717, 1.165) is 0 Å². The first-order valence-corrected chi connectivity index (χ1v) is 5.35. The average Bonchev–Trinajstić information content (AvgIpc) is 2.23. The number of unbranched alkanes of at least 4 members (excludes halogenated alkanes) is 1. The third kappa shape index (κ3) is 10.9. The van der Waals surface area contributed by atoms with Gasteiger partial charge in [-0.2, -0.15) is 0 Å². The highest BCUT2D eigenvalue weighted by atomic mass is 16.5. The minimum Gasteiger partial charge on any atom is -0.481 e. The van der Waals surface area contributed by atoms with Crippen molar-refractivity contribution in [1.29, 1.82) is 0 Å². The van der Waals surface area contributed by atoms with Crippen molar-refractivity contribution in [3.63, 3.8) is 0 Å². The zero-order valence-electron chi connectivity index (χ0n) is 9.62. The van der Waals surface area contributed by atoms with Crippen molar-refractivity contribution < 1.29 is 19.4 Å². The highest BCUT2D eigenvalue weighted by Gasteiger charge is 2.00. The maximum absolute atomic E-state index is 11.2. The van der Waals surface area contributed by atoms with E-state index in [0.29, 0.717) is 32.5 Å². The van der Waals surface area contributed by atoms with E-state index in [9.17, 15) is 9.59 Å². The lowest BCUT2D eigenvalue weighted by atomic mass is 10.2. The smallest absolute Gasteiger partial charge is 0.303 e. The summed E-state index contributed by atoms with van der Waals surface area (Å²) in [5.41, 5.74) is 0. The van der Waals surface area contributed by atoms with Crippen LogP contribution in [0.2, 0.25) is 0 Å². The fraction of sp³-hybridized carbons (Fsp3) is 0.800. The summed E-state index contributed by atoms with van der Waals surface area (Å²) in [4.78, 5) is 21.4. The summed E-state index contributed by atoms with van der Waals surface area (Å²) < 4.78 is 4.81. The molecule has 1 amide bonds. The Hall–Kier alpha value is -1.14. The highest BCUT2D eigenvalue weighted by Crippen LogP contribution is 1.92. The van der Waals surface area contributed by atoms with Crippen LogP contribution in [0.4, 0.5) is 0 Å². The normalized spacial score (nSPS) is 10.1. The molecular formula is C10H20N2O4. The first-order chi connectivity index (χ1) is 7.66. The van der Waals surface area contributed by atoms with Gasteiger partial charge in [0.25, 0.3) is 0 Å². The standard InChI is InChI=1S/C10H20N2O4/c1-16-7-6-11-8-9(13)12-5-3-2-4-10(14)15/h11H,2-8H2,1H3,(H,12,13)(H,14,15). The molecule has 0 aromatic carbocycles. The van der Waals surface area contributed by atoms with Gasteiger partial charge in [-0.3, -0.25) is 9.59 Å². The second kappa shape index (κ2) is 10.4. The highest BCUT2D eigenvalue weighted by molar-refractivity contribution is 5.77. The molecule has 0 atom stereocenters. The van der Waals surface area contributed by atoms with Gasteiger partial charge in [-0.05, 0) is 12.8 Å². The molecule has 0 aliphatic heterocycles. The van der Waals surface area contributed by atoms with E-state index in [4.69, 9.17) is 9.84 Å². The van der Waals surface area contributed by atoms with Gasteiger partial charge < -0.3 is 20.5 Å². The van der Waals surface area contributed by atoms with Crippen LogP contribution in [0.5, 0.6) is 0 Å². The molecule has 0 spiro atoms. The van der Waals surface area contributed by atoms with Crippen molar-refractivity contribution in [2.75, 3.05) is 33.4 Å². The van der Waals surface area contributed by atoms with Crippen LogP contribution in [-0.4, -0.2) is 50.3 Å². The molecule has 0 bridgehead atoms.